The number of benzene rings is 1. The van der Waals surface area contributed by atoms with E-state index in [0.717, 1.165) is 11.8 Å². The molecule has 0 aromatic heterocycles. The predicted octanol–water partition coefficient (Wildman–Crippen LogP) is 4.22. The van der Waals surface area contributed by atoms with Gasteiger partial charge in [0.1, 0.15) is 0 Å². The molecule has 1 N–H and O–H groups in total. The highest BCUT2D eigenvalue weighted by atomic mass is 16.3. The Hall–Kier alpha value is -0.820. The maximum Gasteiger partial charge on any atom is 0.0502 e. The minimum Gasteiger partial charge on any atom is -0.396 e. The van der Waals surface area contributed by atoms with E-state index in [1.165, 1.54) is 56.1 Å². The van der Waals surface area contributed by atoms with Crippen LogP contribution in [0.5, 0.6) is 0 Å². The molecule has 0 radical (unpaired) electrons. The van der Waals surface area contributed by atoms with E-state index in [4.69, 9.17) is 0 Å². The fraction of sp³-hybridized carbons (Fsp3) is 0.647. The largest absolute Gasteiger partial charge is 0.396 e. The molecule has 0 saturated heterocycles. The molecule has 0 bridgehead atoms. The SMILES string of the molecule is OCC(c1ccc(C2CCCCC2)cc1)C1CC1. The first-order chi connectivity index (χ1) is 8.88. The maximum atomic E-state index is 9.51. The summed E-state index contributed by atoms with van der Waals surface area (Å²) in [6.45, 7) is 0.313. The van der Waals surface area contributed by atoms with Crippen LogP contribution in [0, 0.1) is 5.92 Å². The minimum atomic E-state index is 0.313. The third-order valence-electron chi connectivity index (χ3n) is 4.83. The first-order valence-electron chi connectivity index (χ1n) is 7.59. The minimum absolute atomic E-state index is 0.313. The average Bonchev–Trinajstić information content (AvgIpc) is 3.26. The molecule has 1 atom stereocenters. The van der Waals surface area contributed by atoms with Gasteiger partial charge in [-0.3, -0.25) is 0 Å². The molecule has 1 aromatic rings. The predicted molar refractivity (Wildman–Crippen MR) is 74.8 cm³/mol. The molecule has 2 aliphatic carbocycles. The van der Waals surface area contributed by atoms with Crippen LogP contribution in [0.3, 0.4) is 0 Å². The summed E-state index contributed by atoms with van der Waals surface area (Å²) in [4.78, 5) is 0. The smallest absolute Gasteiger partial charge is 0.0502 e. The fourth-order valence-corrected chi connectivity index (χ4v) is 3.48. The molecule has 2 aliphatic rings. The zero-order valence-electron chi connectivity index (χ0n) is 11.1. The molecular weight excluding hydrogens is 220 g/mol. The Morgan fingerprint density at radius 2 is 1.61 bits per heavy atom. The van der Waals surface area contributed by atoms with Crippen molar-refractivity contribution in [1.29, 1.82) is 0 Å². The van der Waals surface area contributed by atoms with Crippen molar-refractivity contribution in [2.45, 2.75) is 56.8 Å². The molecule has 2 saturated carbocycles. The van der Waals surface area contributed by atoms with E-state index in [-0.39, 0.29) is 0 Å². The van der Waals surface area contributed by atoms with Gasteiger partial charge in [-0.15, -0.1) is 0 Å². The molecule has 1 nitrogen and oxygen atoms in total. The monoisotopic (exact) mass is 244 g/mol. The van der Waals surface area contributed by atoms with Crippen LogP contribution in [0.15, 0.2) is 24.3 Å². The molecule has 3 rings (SSSR count). The molecule has 0 spiro atoms. The van der Waals surface area contributed by atoms with Crippen molar-refractivity contribution in [2.75, 3.05) is 6.61 Å². The van der Waals surface area contributed by atoms with Crippen LogP contribution in [0.4, 0.5) is 0 Å². The second-order valence-corrected chi connectivity index (χ2v) is 6.13. The third kappa shape index (κ3) is 2.61. The molecule has 98 valence electrons. The molecule has 1 aromatic carbocycles. The van der Waals surface area contributed by atoms with Crippen LogP contribution in [0.1, 0.15) is 67.9 Å². The van der Waals surface area contributed by atoms with Crippen LogP contribution < -0.4 is 0 Å². The van der Waals surface area contributed by atoms with E-state index in [1.54, 1.807) is 0 Å². The summed E-state index contributed by atoms with van der Waals surface area (Å²) < 4.78 is 0. The van der Waals surface area contributed by atoms with Crippen molar-refractivity contribution in [2.24, 2.45) is 5.92 Å². The molecule has 0 aliphatic heterocycles. The number of aliphatic hydroxyl groups excluding tert-OH is 1. The van der Waals surface area contributed by atoms with Gasteiger partial charge in [-0.05, 0) is 48.6 Å². The summed E-state index contributed by atoms with van der Waals surface area (Å²) in [5.74, 6) is 1.93. The van der Waals surface area contributed by atoms with Crippen molar-refractivity contribution >= 4 is 0 Å². The molecular formula is C17H24O. The molecule has 0 heterocycles. The lowest BCUT2D eigenvalue weighted by atomic mass is 9.83. The fourth-order valence-electron chi connectivity index (χ4n) is 3.48. The van der Waals surface area contributed by atoms with Crippen molar-refractivity contribution < 1.29 is 5.11 Å². The van der Waals surface area contributed by atoms with Gasteiger partial charge in [-0.25, -0.2) is 0 Å². The second-order valence-electron chi connectivity index (χ2n) is 6.13. The van der Waals surface area contributed by atoms with E-state index < -0.39 is 0 Å². The van der Waals surface area contributed by atoms with Gasteiger partial charge in [0, 0.05) is 5.92 Å². The number of aliphatic hydroxyl groups is 1. The topological polar surface area (TPSA) is 20.2 Å². The van der Waals surface area contributed by atoms with Gasteiger partial charge in [0.05, 0.1) is 6.61 Å². The molecule has 1 heteroatoms. The van der Waals surface area contributed by atoms with Gasteiger partial charge in [-0.2, -0.15) is 0 Å². The summed E-state index contributed by atoms with van der Waals surface area (Å²) in [6, 6.07) is 9.17. The van der Waals surface area contributed by atoms with Crippen LogP contribution in [0.2, 0.25) is 0 Å². The third-order valence-corrected chi connectivity index (χ3v) is 4.83. The van der Waals surface area contributed by atoms with Gasteiger partial charge >= 0.3 is 0 Å². The van der Waals surface area contributed by atoms with E-state index in [2.05, 4.69) is 24.3 Å². The summed E-state index contributed by atoms with van der Waals surface area (Å²) >= 11 is 0. The zero-order valence-corrected chi connectivity index (χ0v) is 11.1. The quantitative estimate of drug-likeness (QED) is 0.840. The first-order valence-corrected chi connectivity index (χ1v) is 7.59. The Morgan fingerprint density at radius 1 is 0.944 bits per heavy atom. The lowest BCUT2D eigenvalue weighted by Crippen LogP contribution is -2.08. The van der Waals surface area contributed by atoms with E-state index in [9.17, 15) is 5.11 Å². The first kappa shape index (κ1) is 12.2. The Balaban J connectivity index is 1.71. The lowest BCUT2D eigenvalue weighted by Gasteiger charge is -2.22. The van der Waals surface area contributed by atoms with Crippen LogP contribution >= 0.6 is 0 Å². The summed E-state index contributed by atoms with van der Waals surface area (Å²) in [7, 11) is 0. The van der Waals surface area contributed by atoms with E-state index >= 15 is 0 Å². The van der Waals surface area contributed by atoms with Gasteiger partial charge in [0.2, 0.25) is 0 Å². The van der Waals surface area contributed by atoms with Gasteiger partial charge in [0.15, 0.2) is 0 Å². The standard InChI is InChI=1S/C17H24O/c18-12-17(16-10-11-16)15-8-6-14(7-9-15)13-4-2-1-3-5-13/h6-9,13,16-18H,1-5,10-12H2. The highest BCUT2D eigenvalue weighted by Crippen LogP contribution is 2.42. The van der Waals surface area contributed by atoms with Crippen molar-refractivity contribution in [3.63, 3.8) is 0 Å². The van der Waals surface area contributed by atoms with Gasteiger partial charge < -0.3 is 5.11 Å². The van der Waals surface area contributed by atoms with Crippen molar-refractivity contribution in [1.82, 2.24) is 0 Å². The summed E-state index contributed by atoms with van der Waals surface area (Å²) in [6.07, 6.45) is 9.55. The summed E-state index contributed by atoms with van der Waals surface area (Å²) in [5.41, 5.74) is 2.87. The Bertz CT molecular complexity index is 371. The number of hydrogen-bond acceptors (Lipinski definition) is 1. The Morgan fingerprint density at radius 3 is 2.17 bits per heavy atom. The van der Waals surface area contributed by atoms with Crippen LogP contribution in [-0.2, 0) is 0 Å². The van der Waals surface area contributed by atoms with Gasteiger partial charge in [0.25, 0.3) is 0 Å². The van der Waals surface area contributed by atoms with Crippen LogP contribution in [-0.4, -0.2) is 11.7 Å². The maximum absolute atomic E-state index is 9.51. The normalized spacial score (nSPS) is 22.9. The molecule has 1 unspecified atom stereocenters. The highest BCUT2D eigenvalue weighted by molar-refractivity contribution is 5.29. The Kier molecular flexibility index (Phi) is 3.69. The summed E-state index contributed by atoms with van der Waals surface area (Å²) in [5, 5.41) is 9.51. The van der Waals surface area contributed by atoms with E-state index in [1.807, 2.05) is 0 Å². The lowest BCUT2D eigenvalue weighted by molar-refractivity contribution is 0.253. The van der Waals surface area contributed by atoms with Crippen molar-refractivity contribution in [3.05, 3.63) is 35.4 Å². The van der Waals surface area contributed by atoms with Gasteiger partial charge in [-0.1, -0.05) is 43.5 Å². The second kappa shape index (κ2) is 5.44. The molecule has 0 amide bonds. The number of hydrogen-bond donors (Lipinski definition) is 1. The number of rotatable bonds is 4. The van der Waals surface area contributed by atoms with E-state index in [0.29, 0.717) is 12.5 Å². The molecule has 2 fully saturated rings. The Labute approximate surface area is 110 Å². The average molecular weight is 244 g/mol. The highest BCUT2D eigenvalue weighted by Gasteiger charge is 2.31. The zero-order chi connectivity index (χ0) is 12.4. The molecule has 18 heavy (non-hydrogen) atoms. The van der Waals surface area contributed by atoms with Crippen molar-refractivity contribution in [3.8, 4) is 0 Å². The van der Waals surface area contributed by atoms with Crippen LogP contribution in [0.25, 0.3) is 0 Å².